The second kappa shape index (κ2) is 3.41. The van der Waals surface area contributed by atoms with Gasteiger partial charge in [0.2, 0.25) is 0 Å². The van der Waals surface area contributed by atoms with Gasteiger partial charge >= 0.3 is 0 Å². The van der Waals surface area contributed by atoms with Crippen LogP contribution in [0.15, 0.2) is 0 Å². The smallest absolute Gasteiger partial charge is 0.180 e. The van der Waals surface area contributed by atoms with Crippen molar-refractivity contribution in [1.82, 2.24) is 10.2 Å². The first-order valence-electron chi connectivity index (χ1n) is 3.14. The number of aromatic nitrogens is 2. The zero-order valence-corrected chi connectivity index (χ0v) is 6.52. The first-order valence-corrected chi connectivity index (χ1v) is 3.96. The minimum atomic E-state index is 0.475. The normalized spacial score (nSPS) is 9.70. The van der Waals surface area contributed by atoms with E-state index >= 15 is 0 Å². The number of aryl methyl sites for hydroxylation is 1. The lowest BCUT2D eigenvalue weighted by Gasteiger charge is -1.82. The van der Waals surface area contributed by atoms with Gasteiger partial charge in [0.05, 0.1) is 0 Å². The molecule has 4 heteroatoms. The Bertz CT molecular complexity index is 221. The fourth-order valence-corrected chi connectivity index (χ4v) is 1.39. The molecule has 0 atom stereocenters. The molecule has 54 valence electrons. The quantitative estimate of drug-likeness (QED) is 0.619. The largest absolute Gasteiger partial charge is 0.295 e. The fraction of sp³-hybridized carbons (Fsp3) is 0.500. The van der Waals surface area contributed by atoms with Gasteiger partial charge in [0.1, 0.15) is 5.01 Å². The third-order valence-corrected chi connectivity index (χ3v) is 1.96. The molecule has 0 unspecified atom stereocenters. The highest BCUT2D eigenvalue weighted by molar-refractivity contribution is 7.12. The molecule has 1 aromatic heterocycles. The lowest BCUT2D eigenvalue weighted by Crippen LogP contribution is -1.79. The molecule has 0 aliphatic carbocycles. The molecule has 10 heavy (non-hydrogen) atoms. The van der Waals surface area contributed by atoms with Crippen LogP contribution in [0.5, 0.6) is 0 Å². The van der Waals surface area contributed by atoms with Crippen molar-refractivity contribution in [3.63, 3.8) is 0 Å². The lowest BCUT2D eigenvalue weighted by atomic mass is 10.4. The van der Waals surface area contributed by atoms with E-state index in [0.717, 1.165) is 24.1 Å². The molecule has 0 aliphatic heterocycles. The minimum Gasteiger partial charge on any atom is -0.295 e. The number of nitrogens with zero attached hydrogens (tertiary/aromatic N) is 2. The maximum Gasteiger partial charge on any atom is 0.180 e. The van der Waals surface area contributed by atoms with Crippen molar-refractivity contribution in [1.29, 1.82) is 0 Å². The molecule has 0 aromatic carbocycles. The van der Waals surface area contributed by atoms with Crippen LogP contribution in [0.2, 0.25) is 0 Å². The Hall–Kier alpha value is -0.770. The van der Waals surface area contributed by atoms with E-state index in [1.807, 2.05) is 0 Å². The molecule has 0 amide bonds. The zero-order chi connectivity index (χ0) is 7.40. The predicted octanol–water partition coefficient (Wildman–Crippen LogP) is 1.30. The summed E-state index contributed by atoms with van der Waals surface area (Å²) in [5.41, 5.74) is 0. The Morgan fingerprint density at radius 1 is 1.60 bits per heavy atom. The molecular formula is C6H8N2OS. The second-order valence-electron chi connectivity index (χ2n) is 1.90. The van der Waals surface area contributed by atoms with Gasteiger partial charge in [0.15, 0.2) is 11.3 Å². The Kier molecular flexibility index (Phi) is 2.50. The molecule has 0 spiro atoms. The van der Waals surface area contributed by atoms with Crippen LogP contribution in [0.1, 0.15) is 28.2 Å². The molecule has 0 saturated carbocycles. The highest BCUT2D eigenvalue weighted by Gasteiger charge is 1.99. The highest BCUT2D eigenvalue weighted by Crippen LogP contribution is 2.08. The van der Waals surface area contributed by atoms with E-state index in [2.05, 4.69) is 17.1 Å². The third kappa shape index (κ3) is 1.60. The van der Waals surface area contributed by atoms with E-state index < -0.39 is 0 Å². The number of carbonyl (C=O) groups is 1. The van der Waals surface area contributed by atoms with Gasteiger partial charge in [-0.15, -0.1) is 10.2 Å². The van der Waals surface area contributed by atoms with E-state index in [9.17, 15) is 4.79 Å². The van der Waals surface area contributed by atoms with Crippen LogP contribution in [-0.2, 0) is 6.42 Å². The zero-order valence-electron chi connectivity index (χ0n) is 5.70. The number of hydrogen-bond donors (Lipinski definition) is 0. The monoisotopic (exact) mass is 156 g/mol. The summed E-state index contributed by atoms with van der Waals surface area (Å²) in [7, 11) is 0. The van der Waals surface area contributed by atoms with Crippen LogP contribution < -0.4 is 0 Å². The molecular weight excluding hydrogens is 148 g/mol. The summed E-state index contributed by atoms with van der Waals surface area (Å²) in [6.07, 6.45) is 2.70. The standard InChI is InChI=1S/C6H8N2OS/c1-2-3-5-7-8-6(4-9)10-5/h4H,2-3H2,1H3. The highest BCUT2D eigenvalue weighted by atomic mass is 32.1. The maximum atomic E-state index is 10.1. The Morgan fingerprint density at radius 3 is 2.90 bits per heavy atom. The average Bonchev–Trinajstić information content (AvgIpc) is 2.37. The van der Waals surface area contributed by atoms with Crippen LogP contribution >= 0.6 is 11.3 Å². The van der Waals surface area contributed by atoms with Gasteiger partial charge in [-0.05, 0) is 6.42 Å². The van der Waals surface area contributed by atoms with E-state index in [1.54, 1.807) is 0 Å². The lowest BCUT2D eigenvalue weighted by molar-refractivity contribution is 0.112. The Labute approximate surface area is 63.1 Å². The minimum absolute atomic E-state index is 0.475. The average molecular weight is 156 g/mol. The predicted molar refractivity (Wildman–Crippen MR) is 39.3 cm³/mol. The SMILES string of the molecule is CCCc1nnc(C=O)s1. The Balaban J connectivity index is 2.68. The topological polar surface area (TPSA) is 42.9 Å². The first kappa shape index (κ1) is 7.34. The van der Waals surface area contributed by atoms with E-state index in [-0.39, 0.29) is 0 Å². The summed E-state index contributed by atoms with van der Waals surface area (Å²) in [5.74, 6) is 0. The van der Waals surface area contributed by atoms with Gasteiger partial charge in [-0.3, -0.25) is 4.79 Å². The van der Waals surface area contributed by atoms with Crippen LogP contribution in [-0.4, -0.2) is 16.5 Å². The first-order chi connectivity index (χ1) is 4.86. The summed E-state index contributed by atoms with van der Waals surface area (Å²) >= 11 is 1.37. The Morgan fingerprint density at radius 2 is 2.40 bits per heavy atom. The van der Waals surface area contributed by atoms with Crippen molar-refractivity contribution < 1.29 is 4.79 Å². The molecule has 1 aromatic rings. The third-order valence-electron chi connectivity index (χ3n) is 1.05. The van der Waals surface area contributed by atoms with Crippen LogP contribution in [0.4, 0.5) is 0 Å². The molecule has 0 bridgehead atoms. The van der Waals surface area contributed by atoms with Crippen molar-refractivity contribution in [2.24, 2.45) is 0 Å². The molecule has 0 N–H and O–H groups in total. The van der Waals surface area contributed by atoms with Crippen LogP contribution in [0.3, 0.4) is 0 Å². The molecule has 1 heterocycles. The number of hydrogen-bond acceptors (Lipinski definition) is 4. The number of aldehydes is 1. The summed E-state index contributed by atoms with van der Waals surface area (Å²) < 4.78 is 0. The molecule has 1 rings (SSSR count). The molecule has 3 nitrogen and oxygen atoms in total. The summed E-state index contributed by atoms with van der Waals surface area (Å²) in [6.45, 7) is 2.07. The van der Waals surface area contributed by atoms with Crippen molar-refractivity contribution in [3.8, 4) is 0 Å². The number of carbonyl (C=O) groups excluding carboxylic acids is 1. The van der Waals surface area contributed by atoms with Crippen LogP contribution in [0.25, 0.3) is 0 Å². The van der Waals surface area contributed by atoms with Crippen LogP contribution in [0, 0.1) is 0 Å². The summed E-state index contributed by atoms with van der Waals surface area (Å²) in [6, 6.07) is 0. The molecule has 0 saturated heterocycles. The number of rotatable bonds is 3. The summed E-state index contributed by atoms with van der Waals surface area (Å²) in [5, 5.41) is 8.89. The van der Waals surface area contributed by atoms with Gasteiger partial charge in [0, 0.05) is 6.42 Å². The van der Waals surface area contributed by atoms with Gasteiger partial charge in [-0.25, -0.2) is 0 Å². The van der Waals surface area contributed by atoms with Gasteiger partial charge in [-0.1, -0.05) is 18.3 Å². The molecule has 0 radical (unpaired) electrons. The molecule has 0 fully saturated rings. The van der Waals surface area contributed by atoms with Crippen molar-refractivity contribution in [2.75, 3.05) is 0 Å². The van der Waals surface area contributed by atoms with E-state index in [0.29, 0.717) is 5.01 Å². The van der Waals surface area contributed by atoms with Crippen molar-refractivity contribution >= 4 is 17.6 Å². The van der Waals surface area contributed by atoms with Gasteiger partial charge in [0.25, 0.3) is 0 Å². The van der Waals surface area contributed by atoms with Crippen molar-refractivity contribution in [3.05, 3.63) is 10.0 Å². The summed E-state index contributed by atoms with van der Waals surface area (Å²) in [4.78, 5) is 10.1. The fourth-order valence-electron chi connectivity index (χ4n) is 0.629. The van der Waals surface area contributed by atoms with Gasteiger partial charge < -0.3 is 0 Å². The second-order valence-corrected chi connectivity index (χ2v) is 3.00. The van der Waals surface area contributed by atoms with E-state index in [4.69, 9.17) is 0 Å². The van der Waals surface area contributed by atoms with E-state index in [1.165, 1.54) is 11.3 Å². The van der Waals surface area contributed by atoms with Gasteiger partial charge in [-0.2, -0.15) is 0 Å². The van der Waals surface area contributed by atoms with Crippen molar-refractivity contribution in [2.45, 2.75) is 19.8 Å². The maximum absolute atomic E-state index is 10.1. The molecule has 0 aliphatic rings.